The van der Waals surface area contributed by atoms with Gasteiger partial charge in [-0.3, -0.25) is 4.79 Å². The second-order valence-corrected chi connectivity index (χ2v) is 13.7. The Hall–Kier alpha value is -5.09. The predicted molar refractivity (Wildman–Crippen MR) is 189 cm³/mol. The Balaban J connectivity index is 1.24. The van der Waals surface area contributed by atoms with E-state index in [1.807, 2.05) is 109 Å². The first kappa shape index (κ1) is 35.2. The Morgan fingerprint density at radius 3 is 1.78 bits per heavy atom. The quantitative estimate of drug-likeness (QED) is 0.121. The fraction of sp³-hybridized carbons (Fsp3) is 0.282. The molecular weight excluding hydrogens is 641 g/mol. The van der Waals surface area contributed by atoms with E-state index in [0.717, 1.165) is 45.1 Å². The van der Waals surface area contributed by atoms with E-state index in [1.165, 1.54) is 0 Å². The van der Waals surface area contributed by atoms with E-state index in [4.69, 9.17) is 14.2 Å². The van der Waals surface area contributed by atoms with Crippen LogP contribution in [0.2, 0.25) is 0 Å². The van der Waals surface area contributed by atoms with Crippen LogP contribution < -0.4 is 10.6 Å². The molecule has 0 spiro atoms. The van der Waals surface area contributed by atoms with Gasteiger partial charge in [0.1, 0.15) is 30.9 Å². The number of hydrogen-bond donors (Lipinski definition) is 2. The number of carbonyl (C=O) groups excluding carboxylic acids is 4. The largest absolute Gasteiger partial charge is 0.458 e. The van der Waals surface area contributed by atoms with Gasteiger partial charge in [0, 0.05) is 18.1 Å². The fourth-order valence-electron chi connectivity index (χ4n) is 5.54. The number of ether oxygens (including phenoxy) is 3. The first-order valence-corrected chi connectivity index (χ1v) is 17.1. The Morgan fingerprint density at radius 2 is 1.18 bits per heavy atom. The highest BCUT2D eigenvalue weighted by Crippen LogP contribution is 2.44. The van der Waals surface area contributed by atoms with Gasteiger partial charge in [-0.1, -0.05) is 121 Å². The average Bonchev–Trinajstić information content (AvgIpc) is 3.41. The van der Waals surface area contributed by atoms with E-state index < -0.39 is 41.0 Å². The molecule has 254 valence electrons. The van der Waals surface area contributed by atoms with Crippen molar-refractivity contribution in [3.63, 3.8) is 0 Å². The van der Waals surface area contributed by atoms with Gasteiger partial charge >= 0.3 is 18.2 Å². The van der Waals surface area contributed by atoms with Crippen LogP contribution in [0.15, 0.2) is 109 Å². The van der Waals surface area contributed by atoms with Crippen molar-refractivity contribution in [2.45, 2.75) is 57.4 Å². The maximum absolute atomic E-state index is 13.6. The fourth-order valence-corrected chi connectivity index (χ4v) is 6.43. The van der Waals surface area contributed by atoms with Crippen molar-refractivity contribution in [1.29, 1.82) is 0 Å². The van der Waals surface area contributed by atoms with Crippen molar-refractivity contribution in [2.75, 3.05) is 12.4 Å². The van der Waals surface area contributed by atoms with Crippen LogP contribution in [0.5, 0.6) is 0 Å². The summed E-state index contributed by atoms with van der Waals surface area (Å²) in [6, 6.07) is 32.3. The number of carbonyl (C=O) groups is 4. The number of thioether (sulfide) groups is 1. The molecule has 0 unspecified atom stereocenters. The molecule has 0 fully saturated rings. The number of hydrogen-bond acceptors (Lipinski definition) is 8. The molecule has 9 nitrogen and oxygen atoms in total. The third kappa shape index (κ3) is 9.96. The van der Waals surface area contributed by atoms with Crippen molar-refractivity contribution in [2.24, 2.45) is 0 Å². The Morgan fingerprint density at radius 1 is 0.673 bits per heavy atom. The molecule has 2 N–H and O–H groups in total. The SMILES string of the molecule is CC(C)(C)OC(=O)[C@H](CSC(=O)[C@H](Cc1ccccc1)NC(=O)OCc1ccccc1)NC(=O)OCC1c2ccccc2-c2ccccc21. The zero-order chi connectivity index (χ0) is 34.8. The Labute approximate surface area is 290 Å². The topological polar surface area (TPSA) is 120 Å². The third-order valence-electron chi connectivity index (χ3n) is 7.79. The lowest BCUT2D eigenvalue weighted by Gasteiger charge is -2.25. The molecule has 5 rings (SSSR count). The van der Waals surface area contributed by atoms with Gasteiger partial charge in [-0.05, 0) is 54.2 Å². The minimum Gasteiger partial charge on any atom is -0.458 e. The maximum Gasteiger partial charge on any atom is 0.408 e. The molecule has 0 radical (unpaired) electrons. The molecule has 0 aliphatic heterocycles. The summed E-state index contributed by atoms with van der Waals surface area (Å²) in [5.41, 5.74) is 5.09. The molecule has 0 saturated heterocycles. The van der Waals surface area contributed by atoms with E-state index in [0.29, 0.717) is 0 Å². The van der Waals surface area contributed by atoms with Gasteiger partial charge in [0.25, 0.3) is 0 Å². The van der Waals surface area contributed by atoms with Gasteiger partial charge in [-0.25, -0.2) is 14.4 Å². The molecule has 0 heterocycles. The van der Waals surface area contributed by atoms with Gasteiger partial charge in [0.2, 0.25) is 5.12 Å². The molecule has 49 heavy (non-hydrogen) atoms. The molecule has 1 aliphatic carbocycles. The van der Waals surface area contributed by atoms with Crippen LogP contribution in [0.1, 0.15) is 48.9 Å². The van der Waals surface area contributed by atoms with Crippen LogP contribution in [-0.2, 0) is 36.8 Å². The lowest BCUT2D eigenvalue weighted by atomic mass is 9.98. The number of alkyl carbamates (subject to hydrolysis) is 2. The number of rotatable bonds is 12. The first-order valence-electron chi connectivity index (χ1n) is 16.1. The van der Waals surface area contributed by atoms with Crippen molar-refractivity contribution in [3.8, 4) is 11.1 Å². The van der Waals surface area contributed by atoms with Crippen LogP contribution in [0.4, 0.5) is 9.59 Å². The lowest BCUT2D eigenvalue weighted by Crippen LogP contribution is -2.47. The molecule has 4 aromatic carbocycles. The first-order chi connectivity index (χ1) is 23.6. The lowest BCUT2D eigenvalue weighted by molar-refractivity contribution is -0.156. The van der Waals surface area contributed by atoms with Crippen molar-refractivity contribution in [3.05, 3.63) is 131 Å². The van der Waals surface area contributed by atoms with Gasteiger partial charge in [0.05, 0.1) is 0 Å². The number of amides is 2. The highest BCUT2D eigenvalue weighted by Gasteiger charge is 2.32. The summed E-state index contributed by atoms with van der Waals surface area (Å²) in [6.45, 7) is 5.25. The zero-order valence-corrected chi connectivity index (χ0v) is 28.5. The molecule has 0 bridgehead atoms. The number of nitrogens with one attached hydrogen (secondary N) is 2. The maximum atomic E-state index is 13.6. The summed E-state index contributed by atoms with van der Waals surface area (Å²) in [5, 5.41) is 4.88. The van der Waals surface area contributed by atoms with Crippen molar-refractivity contribution >= 4 is 35.0 Å². The van der Waals surface area contributed by atoms with Gasteiger partial charge in [0.15, 0.2) is 0 Å². The van der Waals surface area contributed by atoms with E-state index in [2.05, 4.69) is 10.6 Å². The zero-order valence-electron chi connectivity index (χ0n) is 27.7. The number of esters is 1. The Kier molecular flexibility index (Phi) is 11.7. The summed E-state index contributed by atoms with van der Waals surface area (Å²) in [4.78, 5) is 52.7. The number of benzene rings is 4. The molecule has 0 aromatic heterocycles. The molecule has 2 amide bonds. The molecular formula is C39H40N2O7S. The standard InChI is InChI=1S/C39H40N2O7S/c1-39(2,3)48-35(42)34(41-38(45)47-24-32-30-20-12-10-18-28(30)29-19-11-13-21-31(29)32)25-49-36(43)33(22-26-14-6-4-7-15-26)40-37(44)46-23-27-16-8-5-9-17-27/h4-21,32-34H,22-25H2,1-3H3,(H,40,44)(H,41,45)/t33-,34-/m0/s1. The molecule has 10 heteroatoms. The summed E-state index contributed by atoms with van der Waals surface area (Å²) >= 11 is 0.809. The smallest absolute Gasteiger partial charge is 0.408 e. The predicted octanol–water partition coefficient (Wildman–Crippen LogP) is 7.03. The summed E-state index contributed by atoms with van der Waals surface area (Å²) < 4.78 is 16.6. The molecule has 0 saturated carbocycles. The summed E-state index contributed by atoms with van der Waals surface area (Å²) in [7, 11) is 0. The third-order valence-corrected chi connectivity index (χ3v) is 8.86. The second-order valence-electron chi connectivity index (χ2n) is 12.6. The Bertz CT molecular complexity index is 1710. The minimum atomic E-state index is -1.20. The molecule has 4 aromatic rings. The van der Waals surface area contributed by atoms with E-state index in [9.17, 15) is 19.2 Å². The second kappa shape index (κ2) is 16.3. The summed E-state index contributed by atoms with van der Waals surface area (Å²) in [6.07, 6.45) is -1.36. The van der Waals surface area contributed by atoms with Crippen LogP contribution in [0.3, 0.4) is 0 Å². The molecule has 2 atom stereocenters. The van der Waals surface area contributed by atoms with Gasteiger partial charge < -0.3 is 24.8 Å². The average molecular weight is 681 g/mol. The van der Waals surface area contributed by atoms with Crippen LogP contribution in [0.25, 0.3) is 11.1 Å². The van der Waals surface area contributed by atoms with Gasteiger partial charge in [-0.2, -0.15) is 0 Å². The van der Waals surface area contributed by atoms with E-state index in [-0.39, 0.29) is 31.3 Å². The van der Waals surface area contributed by atoms with Crippen LogP contribution in [-0.4, -0.2) is 53.3 Å². The van der Waals surface area contributed by atoms with Crippen molar-refractivity contribution < 1.29 is 33.4 Å². The van der Waals surface area contributed by atoms with Gasteiger partial charge in [-0.15, -0.1) is 0 Å². The highest BCUT2D eigenvalue weighted by atomic mass is 32.2. The summed E-state index contributed by atoms with van der Waals surface area (Å²) in [5.74, 6) is -1.03. The normalized spacial score (nSPS) is 13.3. The van der Waals surface area contributed by atoms with Crippen LogP contribution >= 0.6 is 11.8 Å². The van der Waals surface area contributed by atoms with Crippen molar-refractivity contribution in [1.82, 2.24) is 10.6 Å². The molecule has 1 aliphatic rings. The van der Waals surface area contributed by atoms with E-state index >= 15 is 0 Å². The number of fused-ring (bicyclic) bond motifs is 3. The minimum absolute atomic E-state index is 0.0385. The monoisotopic (exact) mass is 680 g/mol. The van der Waals surface area contributed by atoms with Crippen LogP contribution in [0, 0.1) is 0 Å². The van der Waals surface area contributed by atoms with E-state index in [1.54, 1.807) is 20.8 Å². The highest BCUT2D eigenvalue weighted by molar-refractivity contribution is 8.13.